The molecule has 0 aliphatic carbocycles. The summed E-state index contributed by atoms with van der Waals surface area (Å²) in [5.74, 6) is 0.724. The lowest BCUT2D eigenvalue weighted by molar-refractivity contribution is 1.11. The molecule has 3 heteroatoms. The van der Waals surface area contributed by atoms with Crippen molar-refractivity contribution >= 4 is 5.69 Å². The first-order valence-corrected chi connectivity index (χ1v) is 4.83. The third-order valence-corrected chi connectivity index (χ3v) is 2.33. The second-order valence-corrected chi connectivity index (χ2v) is 3.59. The highest BCUT2D eigenvalue weighted by Gasteiger charge is 2.02. The summed E-state index contributed by atoms with van der Waals surface area (Å²) >= 11 is 0. The molecule has 0 amide bonds. The van der Waals surface area contributed by atoms with E-state index in [1.807, 2.05) is 38.1 Å². The molecule has 0 bridgehead atoms. The van der Waals surface area contributed by atoms with Gasteiger partial charge in [-0.2, -0.15) is 0 Å². The lowest BCUT2D eigenvalue weighted by Crippen LogP contribution is -1.94. The number of benzene rings is 1. The Hall–Kier alpha value is -1.90. The van der Waals surface area contributed by atoms with E-state index in [-0.39, 0.29) is 0 Å². The molecule has 0 aliphatic rings. The van der Waals surface area contributed by atoms with Crippen LogP contribution in [0.3, 0.4) is 0 Å². The summed E-state index contributed by atoms with van der Waals surface area (Å²) in [6.45, 7) is 3.93. The fraction of sp³-hybridized carbons (Fsp3) is 0.167. The van der Waals surface area contributed by atoms with E-state index in [1.165, 1.54) is 0 Å². The fourth-order valence-corrected chi connectivity index (χ4v) is 1.37. The van der Waals surface area contributed by atoms with E-state index in [0.29, 0.717) is 0 Å². The maximum atomic E-state index is 5.84. The van der Waals surface area contributed by atoms with Crippen LogP contribution in [0.2, 0.25) is 0 Å². The Balaban J connectivity index is 2.50. The van der Waals surface area contributed by atoms with Crippen LogP contribution in [0.1, 0.15) is 11.3 Å². The van der Waals surface area contributed by atoms with E-state index in [0.717, 1.165) is 28.3 Å². The molecule has 0 unspecified atom stereocenters. The second-order valence-electron chi connectivity index (χ2n) is 3.59. The summed E-state index contributed by atoms with van der Waals surface area (Å²) in [5.41, 5.74) is 9.61. The van der Waals surface area contributed by atoms with Crippen LogP contribution in [-0.2, 0) is 0 Å². The van der Waals surface area contributed by atoms with E-state index in [9.17, 15) is 0 Å². The number of aromatic nitrogens is 2. The minimum atomic E-state index is 0.724. The van der Waals surface area contributed by atoms with Gasteiger partial charge in [-0.3, -0.25) is 0 Å². The zero-order chi connectivity index (χ0) is 10.8. The third kappa shape index (κ3) is 1.96. The number of rotatable bonds is 1. The summed E-state index contributed by atoms with van der Waals surface area (Å²) < 4.78 is 0. The smallest absolute Gasteiger partial charge is 0.159 e. The van der Waals surface area contributed by atoms with Crippen molar-refractivity contribution in [2.75, 3.05) is 5.73 Å². The number of anilines is 1. The van der Waals surface area contributed by atoms with Gasteiger partial charge in [0, 0.05) is 23.1 Å². The van der Waals surface area contributed by atoms with Crippen molar-refractivity contribution in [3.63, 3.8) is 0 Å². The van der Waals surface area contributed by atoms with Gasteiger partial charge < -0.3 is 5.73 Å². The minimum Gasteiger partial charge on any atom is -0.398 e. The van der Waals surface area contributed by atoms with Crippen molar-refractivity contribution in [2.45, 2.75) is 13.8 Å². The van der Waals surface area contributed by atoms with Crippen LogP contribution in [0.15, 0.2) is 30.5 Å². The first kappa shape index (κ1) is 9.65. The molecule has 1 aromatic carbocycles. The summed E-state index contributed by atoms with van der Waals surface area (Å²) in [6, 6.07) is 7.75. The first-order valence-electron chi connectivity index (χ1n) is 4.83. The minimum absolute atomic E-state index is 0.724. The monoisotopic (exact) mass is 199 g/mol. The van der Waals surface area contributed by atoms with Gasteiger partial charge in [-0.1, -0.05) is 12.1 Å². The Labute approximate surface area is 89.0 Å². The number of nitrogens with two attached hydrogens (primary N) is 1. The molecule has 0 aliphatic heterocycles. The van der Waals surface area contributed by atoms with Crippen LogP contribution < -0.4 is 5.73 Å². The van der Waals surface area contributed by atoms with Crippen LogP contribution in [0, 0.1) is 13.8 Å². The molecule has 0 saturated carbocycles. The molecule has 1 heterocycles. The lowest BCUT2D eigenvalue weighted by Gasteiger charge is -2.04. The SMILES string of the molecule is Cc1ccnc(-c2ccc(C)c(N)c2)n1. The van der Waals surface area contributed by atoms with Crippen molar-refractivity contribution in [1.29, 1.82) is 0 Å². The van der Waals surface area contributed by atoms with Gasteiger partial charge in [0.1, 0.15) is 0 Å². The molecule has 0 fully saturated rings. The van der Waals surface area contributed by atoms with E-state index in [4.69, 9.17) is 5.73 Å². The molecule has 3 nitrogen and oxygen atoms in total. The lowest BCUT2D eigenvalue weighted by atomic mass is 10.1. The predicted molar refractivity (Wildman–Crippen MR) is 61.4 cm³/mol. The molecular formula is C12H13N3. The molecule has 1 aromatic heterocycles. The van der Waals surface area contributed by atoms with E-state index < -0.39 is 0 Å². The van der Waals surface area contributed by atoms with Crippen molar-refractivity contribution in [3.05, 3.63) is 41.7 Å². The Bertz CT molecular complexity index is 492. The Morgan fingerprint density at radius 1 is 1.13 bits per heavy atom. The van der Waals surface area contributed by atoms with Gasteiger partial charge in [-0.15, -0.1) is 0 Å². The van der Waals surface area contributed by atoms with Gasteiger partial charge in [0.2, 0.25) is 0 Å². The molecule has 0 saturated heterocycles. The molecule has 2 rings (SSSR count). The number of nitrogen functional groups attached to an aromatic ring is 1. The topological polar surface area (TPSA) is 51.8 Å². The normalized spacial score (nSPS) is 10.3. The van der Waals surface area contributed by atoms with E-state index >= 15 is 0 Å². The highest BCUT2D eigenvalue weighted by Crippen LogP contribution is 2.20. The fourth-order valence-electron chi connectivity index (χ4n) is 1.37. The van der Waals surface area contributed by atoms with E-state index in [1.54, 1.807) is 6.20 Å². The van der Waals surface area contributed by atoms with Gasteiger partial charge >= 0.3 is 0 Å². The summed E-state index contributed by atoms with van der Waals surface area (Å²) in [4.78, 5) is 8.56. The summed E-state index contributed by atoms with van der Waals surface area (Å²) in [7, 11) is 0. The predicted octanol–water partition coefficient (Wildman–Crippen LogP) is 2.34. The van der Waals surface area contributed by atoms with Crippen molar-refractivity contribution in [1.82, 2.24) is 9.97 Å². The number of nitrogens with zero attached hydrogens (tertiary/aromatic N) is 2. The molecule has 15 heavy (non-hydrogen) atoms. The van der Waals surface area contributed by atoms with Crippen LogP contribution in [-0.4, -0.2) is 9.97 Å². The zero-order valence-corrected chi connectivity index (χ0v) is 8.86. The van der Waals surface area contributed by atoms with Crippen molar-refractivity contribution in [3.8, 4) is 11.4 Å². The second kappa shape index (κ2) is 3.69. The molecular weight excluding hydrogens is 186 g/mol. The standard InChI is InChI=1S/C12H13N3/c1-8-3-4-10(7-11(8)13)12-14-6-5-9(2)15-12/h3-7H,13H2,1-2H3. The van der Waals surface area contributed by atoms with Crippen molar-refractivity contribution in [2.24, 2.45) is 0 Å². The zero-order valence-electron chi connectivity index (χ0n) is 8.86. The quantitative estimate of drug-likeness (QED) is 0.717. The first-order chi connectivity index (χ1) is 7.16. The Morgan fingerprint density at radius 3 is 2.60 bits per heavy atom. The summed E-state index contributed by atoms with van der Waals surface area (Å²) in [5, 5.41) is 0. The van der Waals surface area contributed by atoms with Gasteiger partial charge in [0.25, 0.3) is 0 Å². The van der Waals surface area contributed by atoms with Crippen LogP contribution in [0.5, 0.6) is 0 Å². The molecule has 0 radical (unpaired) electrons. The van der Waals surface area contributed by atoms with Gasteiger partial charge in [-0.25, -0.2) is 9.97 Å². The van der Waals surface area contributed by atoms with Crippen LogP contribution >= 0.6 is 0 Å². The highest BCUT2D eigenvalue weighted by molar-refractivity contribution is 5.63. The Kier molecular flexibility index (Phi) is 2.37. The number of hydrogen-bond acceptors (Lipinski definition) is 3. The maximum absolute atomic E-state index is 5.84. The molecule has 2 aromatic rings. The average Bonchev–Trinajstić information content (AvgIpc) is 2.22. The molecule has 76 valence electrons. The van der Waals surface area contributed by atoms with Crippen molar-refractivity contribution < 1.29 is 0 Å². The van der Waals surface area contributed by atoms with Crippen LogP contribution in [0.25, 0.3) is 11.4 Å². The summed E-state index contributed by atoms with van der Waals surface area (Å²) in [6.07, 6.45) is 1.76. The average molecular weight is 199 g/mol. The molecule has 2 N–H and O–H groups in total. The number of hydrogen-bond donors (Lipinski definition) is 1. The largest absolute Gasteiger partial charge is 0.398 e. The Morgan fingerprint density at radius 2 is 1.93 bits per heavy atom. The van der Waals surface area contributed by atoms with Gasteiger partial charge in [-0.05, 0) is 31.5 Å². The van der Waals surface area contributed by atoms with Gasteiger partial charge in [0.05, 0.1) is 0 Å². The molecule has 0 spiro atoms. The van der Waals surface area contributed by atoms with Gasteiger partial charge in [0.15, 0.2) is 5.82 Å². The number of aryl methyl sites for hydroxylation is 2. The highest BCUT2D eigenvalue weighted by atomic mass is 14.9. The van der Waals surface area contributed by atoms with Crippen LogP contribution in [0.4, 0.5) is 5.69 Å². The maximum Gasteiger partial charge on any atom is 0.159 e. The van der Waals surface area contributed by atoms with E-state index in [2.05, 4.69) is 9.97 Å². The molecule has 0 atom stereocenters. The third-order valence-electron chi connectivity index (χ3n) is 2.33.